The summed E-state index contributed by atoms with van der Waals surface area (Å²) >= 11 is 0. The molecule has 0 unspecified atom stereocenters. The van der Waals surface area contributed by atoms with Gasteiger partial charge in [0.25, 0.3) is 0 Å². The van der Waals surface area contributed by atoms with Crippen LogP contribution in [0.15, 0.2) is 46.5 Å². The van der Waals surface area contributed by atoms with Gasteiger partial charge in [-0.2, -0.15) is 5.10 Å². The molecule has 0 saturated heterocycles. The van der Waals surface area contributed by atoms with Crippen molar-refractivity contribution >= 4 is 17.5 Å². The van der Waals surface area contributed by atoms with Gasteiger partial charge in [0.05, 0.1) is 6.20 Å². The van der Waals surface area contributed by atoms with Gasteiger partial charge in [-0.1, -0.05) is 24.3 Å². The molecule has 2 aromatic rings. The van der Waals surface area contributed by atoms with E-state index in [1.807, 2.05) is 35.0 Å². The maximum absolute atomic E-state index is 5.91. The fraction of sp³-hybridized carbons (Fsp3) is 0.214. The zero-order valence-electron chi connectivity index (χ0n) is 10.9. The van der Waals surface area contributed by atoms with Crippen molar-refractivity contribution in [1.29, 1.82) is 0 Å². The van der Waals surface area contributed by atoms with Gasteiger partial charge in [0, 0.05) is 23.2 Å². The fourth-order valence-electron chi connectivity index (χ4n) is 2.12. The largest absolute Gasteiger partial charge is 0.383 e. The minimum Gasteiger partial charge on any atom is -0.383 e. The Morgan fingerprint density at radius 1 is 1.16 bits per heavy atom. The lowest BCUT2D eigenvalue weighted by atomic mass is 10.1. The maximum Gasteiger partial charge on any atom is 0.164 e. The van der Waals surface area contributed by atoms with Gasteiger partial charge in [-0.25, -0.2) is 14.7 Å². The molecule has 1 aliphatic rings. The number of rotatable bonds is 2. The van der Waals surface area contributed by atoms with Crippen LogP contribution in [0.1, 0.15) is 31.0 Å². The number of benzene rings is 1. The Balaban J connectivity index is 2.09. The minimum atomic E-state index is 0.257. The highest BCUT2D eigenvalue weighted by atomic mass is 15.3. The van der Waals surface area contributed by atoms with Crippen LogP contribution in [-0.4, -0.2) is 21.5 Å². The summed E-state index contributed by atoms with van der Waals surface area (Å²) in [5.41, 5.74) is 7.82. The van der Waals surface area contributed by atoms with Crippen LogP contribution in [0.3, 0.4) is 0 Å². The number of nitrogens with zero attached hydrogens (tertiary/aromatic N) is 4. The smallest absolute Gasteiger partial charge is 0.164 e. The SMILES string of the molecule is CC(C)n1nccc1/N=C1/N=C(N)c2ccccc21. The van der Waals surface area contributed by atoms with E-state index >= 15 is 0 Å². The zero-order valence-corrected chi connectivity index (χ0v) is 10.9. The monoisotopic (exact) mass is 253 g/mol. The van der Waals surface area contributed by atoms with E-state index in [-0.39, 0.29) is 6.04 Å². The molecule has 2 N–H and O–H groups in total. The second kappa shape index (κ2) is 4.35. The van der Waals surface area contributed by atoms with Crippen LogP contribution in [0.5, 0.6) is 0 Å². The molecule has 0 bridgehead atoms. The van der Waals surface area contributed by atoms with E-state index in [2.05, 4.69) is 28.9 Å². The molecular formula is C14H15N5. The van der Waals surface area contributed by atoms with Crippen molar-refractivity contribution in [1.82, 2.24) is 9.78 Å². The molecule has 0 atom stereocenters. The molecule has 0 amide bonds. The fourth-order valence-corrected chi connectivity index (χ4v) is 2.12. The maximum atomic E-state index is 5.91. The first kappa shape index (κ1) is 11.6. The van der Waals surface area contributed by atoms with Crippen LogP contribution in [0.25, 0.3) is 0 Å². The van der Waals surface area contributed by atoms with Crippen molar-refractivity contribution in [3.8, 4) is 0 Å². The summed E-state index contributed by atoms with van der Waals surface area (Å²) in [7, 11) is 0. The lowest BCUT2D eigenvalue weighted by Gasteiger charge is -2.07. The molecule has 5 nitrogen and oxygen atoms in total. The zero-order chi connectivity index (χ0) is 13.4. The Labute approximate surface area is 111 Å². The average molecular weight is 253 g/mol. The number of hydrogen-bond acceptors (Lipinski definition) is 3. The Hall–Kier alpha value is -2.43. The van der Waals surface area contributed by atoms with Crippen LogP contribution in [0.2, 0.25) is 0 Å². The Morgan fingerprint density at radius 2 is 1.89 bits per heavy atom. The number of nitrogens with two attached hydrogens (primary N) is 1. The van der Waals surface area contributed by atoms with E-state index in [1.54, 1.807) is 6.20 Å². The van der Waals surface area contributed by atoms with Gasteiger partial charge in [0.2, 0.25) is 0 Å². The predicted molar refractivity (Wildman–Crippen MR) is 76.0 cm³/mol. The van der Waals surface area contributed by atoms with Crippen molar-refractivity contribution in [3.05, 3.63) is 47.7 Å². The van der Waals surface area contributed by atoms with Crippen LogP contribution >= 0.6 is 0 Å². The molecule has 96 valence electrons. The second-order valence-electron chi connectivity index (χ2n) is 4.71. The van der Waals surface area contributed by atoms with Gasteiger partial charge in [-0.05, 0) is 13.8 Å². The molecular weight excluding hydrogens is 238 g/mol. The summed E-state index contributed by atoms with van der Waals surface area (Å²) in [5, 5.41) is 4.26. The Kier molecular flexibility index (Phi) is 2.67. The molecule has 2 heterocycles. The molecule has 0 fully saturated rings. The van der Waals surface area contributed by atoms with Crippen molar-refractivity contribution in [3.63, 3.8) is 0 Å². The van der Waals surface area contributed by atoms with Crippen LogP contribution < -0.4 is 5.73 Å². The van der Waals surface area contributed by atoms with Crippen molar-refractivity contribution in [2.24, 2.45) is 15.7 Å². The number of aliphatic imine (C=N–C) groups is 2. The standard InChI is InChI=1S/C14H15N5/c1-9(2)19-12(7-8-16-19)17-14-11-6-4-3-5-10(11)13(15)18-14/h3-9H,1-2H3,(H2,15,17,18). The molecule has 0 radical (unpaired) electrons. The molecule has 1 aliphatic heterocycles. The van der Waals surface area contributed by atoms with Crippen LogP contribution in [0.4, 0.5) is 5.82 Å². The van der Waals surface area contributed by atoms with Gasteiger partial charge >= 0.3 is 0 Å². The van der Waals surface area contributed by atoms with Gasteiger partial charge in [-0.15, -0.1) is 0 Å². The highest BCUT2D eigenvalue weighted by molar-refractivity contribution is 6.22. The van der Waals surface area contributed by atoms with E-state index in [0.29, 0.717) is 11.7 Å². The van der Waals surface area contributed by atoms with E-state index in [4.69, 9.17) is 5.73 Å². The summed E-state index contributed by atoms with van der Waals surface area (Å²) in [6.07, 6.45) is 1.74. The number of amidine groups is 2. The molecule has 0 aliphatic carbocycles. The predicted octanol–water partition coefficient (Wildman–Crippen LogP) is 2.26. The molecule has 1 aromatic heterocycles. The number of hydrogen-bond donors (Lipinski definition) is 1. The Morgan fingerprint density at radius 3 is 2.63 bits per heavy atom. The first-order valence-corrected chi connectivity index (χ1v) is 6.23. The first-order chi connectivity index (χ1) is 9.16. The average Bonchev–Trinajstić information content (AvgIpc) is 2.97. The lowest BCUT2D eigenvalue weighted by molar-refractivity contribution is 0.537. The number of aromatic nitrogens is 2. The van der Waals surface area contributed by atoms with Crippen LogP contribution in [0, 0.1) is 0 Å². The van der Waals surface area contributed by atoms with Crippen LogP contribution in [-0.2, 0) is 0 Å². The molecule has 1 aromatic carbocycles. The van der Waals surface area contributed by atoms with E-state index < -0.39 is 0 Å². The summed E-state index contributed by atoms with van der Waals surface area (Å²) in [4.78, 5) is 8.92. The van der Waals surface area contributed by atoms with E-state index in [9.17, 15) is 0 Å². The van der Waals surface area contributed by atoms with Gasteiger partial charge < -0.3 is 5.73 Å². The third-order valence-corrected chi connectivity index (χ3v) is 3.03. The quantitative estimate of drug-likeness (QED) is 0.891. The molecule has 19 heavy (non-hydrogen) atoms. The summed E-state index contributed by atoms with van der Waals surface area (Å²) in [6.45, 7) is 4.13. The topological polar surface area (TPSA) is 68.6 Å². The molecule has 3 rings (SSSR count). The lowest BCUT2D eigenvalue weighted by Crippen LogP contribution is -2.09. The molecule has 0 spiro atoms. The third kappa shape index (κ3) is 1.93. The summed E-state index contributed by atoms with van der Waals surface area (Å²) in [5.74, 6) is 1.96. The van der Waals surface area contributed by atoms with E-state index in [0.717, 1.165) is 16.9 Å². The van der Waals surface area contributed by atoms with Gasteiger partial charge in [-0.3, -0.25) is 0 Å². The minimum absolute atomic E-state index is 0.257. The normalized spacial score (nSPS) is 15.9. The number of fused-ring (bicyclic) bond motifs is 1. The van der Waals surface area contributed by atoms with Crippen molar-refractivity contribution in [2.45, 2.75) is 19.9 Å². The first-order valence-electron chi connectivity index (χ1n) is 6.23. The highest BCUT2D eigenvalue weighted by Gasteiger charge is 2.19. The summed E-state index contributed by atoms with van der Waals surface area (Å²) < 4.78 is 1.86. The second-order valence-corrected chi connectivity index (χ2v) is 4.71. The van der Waals surface area contributed by atoms with Gasteiger partial charge in [0.1, 0.15) is 5.84 Å². The summed E-state index contributed by atoms with van der Waals surface area (Å²) in [6, 6.07) is 9.97. The Bertz CT molecular complexity index is 679. The van der Waals surface area contributed by atoms with Gasteiger partial charge in [0.15, 0.2) is 11.7 Å². The highest BCUT2D eigenvalue weighted by Crippen LogP contribution is 2.22. The molecule has 5 heteroatoms. The van der Waals surface area contributed by atoms with Crippen molar-refractivity contribution < 1.29 is 0 Å². The van der Waals surface area contributed by atoms with E-state index in [1.165, 1.54) is 0 Å². The molecule has 0 saturated carbocycles. The third-order valence-electron chi connectivity index (χ3n) is 3.03. The van der Waals surface area contributed by atoms with Crippen molar-refractivity contribution in [2.75, 3.05) is 0 Å².